The van der Waals surface area contributed by atoms with Gasteiger partial charge in [0.2, 0.25) is 0 Å². The zero-order valence-corrected chi connectivity index (χ0v) is 9.91. The quantitative estimate of drug-likeness (QED) is 0.767. The molecule has 4 heteroatoms. The van der Waals surface area contributed by atoms with Gasteiger partial charge >= 0.3 is 6.03 Å². The monoisotopic (exact) mass is 213 g/mol. The van der Waals surface area contributed by atoms with Crippen LogP contribution in [0.4, 0.5) is 4.79 Å². The van der Waals surface area contributed by atoms with Gasteiger partial charge in [0.1, 0.15) is 0 Å². The van der Waals surface area contributed by atoms with Crippen LogP contribution in [-0.4, -0.2) is 49.1 Å². The maximum Gasteiger partial charge on any atom is 0.319 e. The molecule has 0 unspecified atom stereocenters. The van der Waals surface area contributed by atoms with Crippen LogP contribution in [0.1, 0.15) is 32.1 Å². The summed E-state index contributed by atoms with van der Waals surface area (Å²) >= 11 is 0. The van der Waals surface area contributed by atoms with Gasteiger partial charge in [-0.1, -0.05) is 19.3 Å². The Bertz CT molecular complexity index is 202. The highest BCUT2D eigenvalue weighted by molar-refractivity contribution is 5.74. The number of rotatable bonds is 3. The van der Waals surface area contributed by atoms with Crippen molar-refractivity contribution in [2.24, 2.45) is 5.73 Å². The molecule has 1 aliphatic carbocycles. The Morgan fingerprint density at radius 2 is 1.87 bits per heavy atom. The molecule has 1 fully saturated rings. The lowest BCUT2D eigenvalue weighted by atomic mass is 9.95. The predicted molar refractivity (Wildman–Crippen MR) is 61.7 cm³/mol. The Morgan fingerprint density at radius 3 is 2.40 bits per heavy atom. The highest BCUT2D eigenvalue weighted by atomic mass is 16.2. The lowest BCUT2D eigenvalue weighted by molar-refractivity contribution is 0.144. The van der Waals surface area contributed by atoms with Gasteiger partial charge < -0.3 is 15.5 Å². The molecular formula is C11H23N3O. The van der Waals surface area contributed by atoms with Crippen LogP contribution in [-0.2, 0) is 0 Å². The van der Waals surface area contributed by atoms with Gasteiger partial charge in [0, 0.05) is 33.2 Å². The van der Waals surface area contributed by atoms with Gasteiger partial charge in [-0.25, -0.2) is 4.79 Å². The first-order chi connectivity index (χ1) is 7.16. The van der Waals surface area contributed by atoms with Crippen molar-refractivity contribution in [1.29, 1.82) is 0 Å². The van der Waals surface area contributed by atoms with E-state index in [9.17, 15) is 4.79 Å². The Labute approximate surface area is 92.4 Å². The second-order valence-corrected chi connectivity index (χ2v) is 4.40. The number of amides is 2. The van der Waals surface area contributed by atoms with Gasteiger partial charge in [0.15, 0.2) is 0 Å². The second-order valence-electron chi connectivity index (χ2n) is 4.40. The van der Waals surface area contributed by atoms with Crippen molar-refractivity contribution in [3.05, 3.63) is 0 Å². The van der Waals surface area contributed by atoms with Crippen molar-refractivity contribution in [3.63, 3.8) is 0 Å². The number of carbonyl (C=O) groups is 1. The van der Waals surface area contributed by atoms with Gasteiger partial charge in [0.25, 0.3) is 0 Å². The molecule has 0 bridgehead atoms. The maximum absolute atomic E-state index is 11.9. The number of hydrogen-bond acceptors (Lipinski definition) is 2. The average molecular weight is 213 g/mol. The van der Waals surface area contributed by atoms with E-state index in [2.05, 4.69) is 0 Å². The number of nitrogens with zero attached hydrogens (tertiary/aromatic N) is 2. The summed E-state index contributed by atoms with van der Waals surface area (Å²) in [5.74, 6) is 0. The Morgan fingerprint density at radius 1 is 1.27 bits per heavy atom. The van der Waals surface area contributed by atoms with Gasteiger partial charge in [-0.05, 0) is 12.8 Å². The summed E-state index contributed by atoms with van der Waals surface area (Å²) in [6.07, 6.45) is 6.13. The minimum absolute atomic E-state index is 0.104. The first-order valence-electron chi connectivity index (χ1n) is 5.84. The number of likely N-dealkylation sites (N-methyl/N-ethyl adjacent to an activating group) is 1. The van der Waals surface area contributed by atoms with E-state index in [-0.39, 0.29) is 6.03 Å². The Balaban J connectivity index is 2.43. The van der Waals surface area contributed by atoms with E-state index >= 15 is 0 Å². The number of urea groups is 1. The predicted octanol–water partition coefficient (Wildman–Crippen LogP) is 1.26. The van der Waals surface area contributed by atoms with E-state index in [1.807, 2.05) is 19.0 Å². The molecule has 1 aliphatic rings. The fourth-order valence-corrected chi connectivity index (χ4v) is 2.18. The zero-order valence-electron chi connectivity index (χ0n) is 9.91. The van der Waals surface area contributed by atoms with Crippen molar-refractivity contribution in [3.8, 4) is 0 Å². The summed E-state index contributed by atoms with van der Waals surface area (Å²) in [5, 5.41) is 0. The molecule has 88 valence electrons. The standard InChI is InChI=1S/C11H23N3O/c1-13(9-8-12)11(15)14(2)10-6-4-3-5-7-10/h10H,3-9,12H2,1-2H3. The molecule has 2 amide bonds. The molecule has 1 rings (SSSR count). The molecule has 0 radical (unpaired) electrons. The van der Waals surface area contributed by atoms with E-state index in [1.165, 1.54) is 19.3 Å². The fraction of sp³-hybridized carbons (Fsp3) is 0.909. The van der Waals surface area contributed by atoms with Crippen LogP contribution < -0.4 is 5.73 Å². The van der Waals surface area contributed by atoms with Gasteiger partial charge in [0.05, 0.1) is 0 Å². The zero-order chi connectivity index (χ0) is 11.3. The molecule has 0 aromatic carbocycles. The van der Waals surface area contributed by atoms with Crippen molar-refractivity contribution in [2.45, 2.75) is 38.1 Å². The van der Waals surface area contributed by atoms with Crippen molar-refractivity contribution in [2.75, 3.05) is 27.2 Å². The maximum atomic E-state index is 11.9. The molecule has 0 aromatic heterocycles. The summed E-state index contributed by atoms with van der Waals surface area (Å²) < 4.78 is 0. The molecular weight excluding hydrogens is 190 g/mol. The smallest absolute Gasteiger partial charge is 0.319 e. The van der Waals surface area contributed by atoms with E-state index < -0.39 is 0 Å². The van der Waals surface area contributed by atoms with Crippen LogP contribution in [0.5, 0.6) is 0 Å². The van der Waals surface area contributed by atoms with Crippen molar-refractivity contribution in [1.82, 2.24) is 9.80 Å². The SMILES string of the molecule is CN(CCN)C(=O)N(C)C1CCCCC1. The number of carbonyl (C=O) groups excluding carboxylic acids is 1. The molecule has 0 atom stereocenters. The topological polar surface area (TPSA) is 49.6 Å². The highest BCUT2D eigenvalue weighted by Gasteiger charge is 2.23. The first kappa shape index (κ1) is 12.3. The summed E-state index contributed by atoms with van der Waals surface area (Å²) in [4.78, 5) is 15.5. The van der Waals surface area contributed by atoms with Gasteiger partial charge in [-0.15, -0.1) is 0 Å². The summed E-state index contributed by atoms with van der Waals surface area (Å²) in [5.41, 5.74) is 5.43. The Kier molecular flexibility index (Phi) is 4.88. The van der Waals surface area contributed by atoms with E-state index in [4.69, 9.17) is 5.73 Å². The molecule has 2 N–H and O–H groups in total. The number of hydrogen-bond donors (Lipinski definition) is 1. The largest absolute Gasteiger partial charge is 0.329 e. The van der Waals surface area contributed by atoms with Crippen molar-refractivity contribution < 1.29 is 4.79 Å². The Hall–Kier alpha value is -0.770. The normalized spacial score (nSPS) is 17.5. The third-order valence-electron chi connectivity index (χ3n) is 3.22. The third kappa shape index (κ3) is 3.38. The van der Waals surface area contributed by atoms with Crippen LogP contribution in [0.3, 0.4) is 0 Å². The fourth-order valence-electron chi connectivity index (χ4n) is 2.18. The molecule has 15 heavy (non-hydrogen) atoms. The van der Waals surface area contributed by atoms with Crippen molar-refractivity contribution >= 4 is 6.03 Å². The summed E-state index contributed by atoms with van der Waals surface area (Å²) in [6, 6.07) is 0.541. The van der Waals surface area contributed by atoms with Crippen LogP contribution >= 0.6 is 0 Å². The molecule has 0 spiro atoms. The number of nitrogens with two attached hydrogens (primary N) is 1. The van der Waals surface area contributed by atoms with E-state index in [1.54, 1.807) is 4.90 Å². The van der Waals surface area contributed by atoms with Crippen LogP contribution in [0, 0.1) is 0 Å². The third-order valence-corrected chi connectivity index (χ3v) is 3.22. The van der Waals surface area contributed by atoms with Gasteiger partial charge in [-0.3, -0.25) is 0 Å². The summed E-state index contributed by atoms with van der Waals surface area (Å²) in [7, 11) is 3.72. The van der Waals surface area contributed by atoms with Crippen LogP contribution in [0.25, 0.3) is 0 Å². The lowest BCUT2D eigenvalue weighted by Crippen LogP contribution is -2.46. The minimum atomic E-state index is 0.104. The summed E-state index contributed by atoms with van der Waals surface area (Å²) in [6.45, 7) is 1.16. The minimum Gasteiger partial charge on any atom is -0.329 e. The van der Waals surface area contributed by atoms with Crippen LogP contribution in [0.2, 0.25) is 0 Å². The molecule has 0 heterocycles. The molecule has 0 aromatic rings. The first-order valence-corrected chi connectivity index (χ1v) is 5.84. The van der Waals surface area contributed by atoms with Gasteiger partial charge in [-0.2, -0.15) is 0 Å². The lowest BCUT2D eigenvalue weighted by Gasteiger charge is -2.34. The van der Waals surface area contributed by atoms with E-state index in [0.29, 0.717) is 19.1 Å². The van der Waals surface area contributed by atoms with Crippen LogP contribution in [0.15, 0.2) is 0 Å². The molecule has 1 saturated carbocycles. The average Bonchev–Trinajstić information content (AvgIpc) is 2.28. The van der Waals surface area contributed by atoms with E-state index in [0.717, 1.165) is 12.8 Å². The molecule has 4 nitrogen and oxygen atoms in total. The second kappa shape index (κ2) is 5.95. The molecule has 0 saturated heterocycles. The molecule has 0 aliphatic heterocycles. The highest BCUT2D eigenvalue weighted by Crippen LogP contribution is 2.22.